The fourth-order valence-electron chi connectivity index (χ4n) is 2.14. The minimum Gasteiger partial charge on any atom is -0.494 e. The highest BCUT2D eigenvalue weighted by Crippen LogP contribution is 2.25. The van der Waals surface area contributed by atoms with Crippen molar-refractivity contribution in [2.45, 2.75) is 13.0 Å². The third-order valence-corrected chi connectivity index (χ3v) is 3.85. The molecule has 26 heavy (non-hydrogen) atoms. The van der Waals surface area contributed by atoms with Crippen LogP contribution in [0, 0.1) is 0 Å². The van der Waals surface area contributed by atoms with Crippen molar-refractivity contribution in [2.24, 2.45) is 0 Å². The number of benzene rings is 1. The summed E-state index contributed by atoms with van der Waals surface area (Å²) in [5.41, 5.74) is 1.73. The molecule has 136 valence electrons. The van der Waals surface area contributed by atoms with E-state index in [4.69, 9.17) is 21.1 Å². The minimum atomic E-state index is -0.724. The highest BCUT2D eigenvalue weighted by Gasteiger charge is 2.15. The molecule has 10 heteroatoms. The zero-order valence-corrected chi connectivity index (χ0v) is 14.8. The number of ether oxygens (including phenoxy) is 2. The molecule has 0 aliphatic heterocycles. The summed E-state index contributed by atoms with van der Waals surface area (Å²) in [6.45, 7) is 1.08. The Balaban J connectivity index is 1.75. The van der Waals surface area contributed by atoms with Gasteiger partial charge in [-0.15, -0.1) is 5.10 Å². The summed E-state index contributed by atoms with van der Waals surface area (Å²) < 4.78 is 24.7. The average Bonchev–Trinajstić information content (AvgIpc) is 3.15. The number of nitrogens with zero attached hydrogens (tertiary/aromatic N) is 5. The minimum absolute atomic E-state index is 0.203. The quantitative estimate of drug-likeness (QED) is 0.631. The molecule has 0 unspecified atom stereocenters. The number of alkyl halides is 1. The molecule has 0 bridgehead atoms. The van der Waals surface area contributed by atoms with Crippen LogP contribution in [-0.2, 0) is 0 Å². The van der Waals surface area contributed by atoms with Crippen LogP contribution in [0.3, 0.4) is 0 Å². The topological polar surface area (TPSA) is 87.0 Å². The zero-order valence-electron chi connectivity index (χ0n) is 14.1. The smallest absolute Gasteiger partial charge is 0.317 e. The van der Waals surface area contributed by atoms with Gasteiger partial charge in [0.05, 0.1) is 42.1 Å². The van der Waals surface area contributed by atoms with Gasteiger partial charge in [-0.1, -0.05) is 16.8 Å². The maximum atomic E-state index is 12.5. The summed E-state index contributed by atoms with van der Waals surface area (Å²) in [6.07, 6.45) is 4.31. The molecule has 0 radical (unpaired) electrons. The lowest BCUT2D eigenvalue weighted by Gasteiger charge is -2.10. The maximum Gasteiger partial charge on any atom is 0.317 e. The first kappa shape index (κ1) is 17.9. The molecule has 0 fully saturated rings. The maximum absolute atomic E-state index is 12.5. The van der Waals surface area contributed by atoms with Crippen LogP contribution in [0.2, 0.25) is 5.02 Å². The van der Waals surface area contributed by atoms with Gasteiger partial charge in [0.2, 0.25) is 0 Å². The lowest BCUT2D eigenvalue weighted by atomic mass is 10.2. The monoisotopic (exact) mass is 378 g/mol. The predicted molar refractivity (Wildman–Crippen MR) is 93.6 cm³/mol. The summed E-state index contributed by atoms with van der Waals surface area (Å²) >= 11 is 6.01. The van der Waals surface area contributed by atoms with E-state index >= 15 is 0 Å². The van der Waals surface area contributed by atoms with Crippen LogP contribution in [0.25, 0.3) is 5.69 Å². The van der Waals surface area contributed by atoms with Crippen molar-refractivity contribution >= 4 is 17.3 Å². The molecule has 0 aliphatic rings. The van der Waals surface area contributed by atoms with Crippen molar-refractivity contribution < 1.29 is 13.9 Å². The second kappa shape index (κ2) is 7.96. The van der Waals surface area contributed by atoms with Crippen LogP contribution in [0.4, 0.5) is 10.1 Å². The summed E-state index contributed by atoms with van der Waals surface area (Å²) in [7, 11) is 1.53. The van der Waals surface area contributed by atoms with Gasteiger partial charge in [0, 0.05) is 0 Å². The first-order valence-electron chi connectivity index (χ1n) is 7.65. The molecule has 0 amide bonds. The van der Waals surface area contributed by atoms with Crippen molar-refractivity contribution in [3.05, 3.63) is 47.5 Å². The standard InChI is InChI=1S/C16H16ClFN6O2/c1-10(26-16-19-6-12(25-2)7-20-16)15-8-24(23-22-15)11-3-4-13(17)14(5-11)21-9-18/h3-8,10,21H,9H2,1-2H3/t10-/m1/s1. The van der Waals surface area contributed by atoms with E-state index in [1.54, 1.807) is 36.0 Å². The van der Waals surface area contributed by atoms with E-state index in [1.807, 2.05) is 0 Å². The van der Waals surface area contributed by atoms with E-state index in [0.29, 0.717) is 27.8 Å². The Hall–Kier alpha value is -2.94. The third kappa shape index (κ3) is 3.99. The normalized spacial score (nSPS) is 11.8. The second-order valence-corrected chi connectivity index (χ2v) is 5.64. The summed E-state index contributed by atoms with van der Waals surface area (Å²) in [5, 5.41) is 11.1. The molecular formula is C16H16ClFN6O2. The van der Waals surface area contributed by atoms with Crippen molar-refractivity contribution in [1.82, 2.24) is 25.0 Å². The molecule has 2 aromatic heterocycles. The third-order valence-electron chi connectivity index (χ3n) is 3.52. The van der Waals surface area contributed by atoms with E-state index in [9.17, 15) is 4.39 Å². The molecule has 1 N–H and O–H groups in total. The van der Waals surface area contributed by atoms with Gasteiger partial charge >= 0.3 is 6.01 Å². The molecule has 0 aliphatic carbocycles. The van der Waals surface area contributed by atoms with Crippen LogP contribution in [0.1, 0.15) is 18.7 Å². The molecular weight excluding hydrogens is 363 g/mol. The van der Waals surface area contributed by atoms with Crippen molar-refractivity contribution in [2.75, 3.05) is 19.2 Å². The predicted octanol–water partition coefficient (Wildman–Crippen LogP) is 3.20. The number of hydrogen-bond acceptors (Lipinski definition) is 7. The van der Waals surface area contributed by atoms with Gasteiger partial charge in [0.25, 0.3) is 0 Å². The molecule has 1 atom stereocenters. The molecule has 2 heterocycles. The Morgan fingerprint density at radius 3 is 2.77 bits per heavy atom. The number of methoxy groups -OCH3 is 1. The number of rotatable bonds is 7. The van der Waals surface area contributed by atoms with E-state index < -0.39 is 12.9 Å². The van der Waals surface area contributed by atoms with E-state index in [1.165, 1.54) is 19.5 Å². The van der Waals surface area contributed by atoms with E-state index in [-0.39, 0.29) is 6.01 Å². The number of aromatic nitrogens is 5. The molecule has 3 aromatic rings. The number of nitrogens with one attached hydrogen (secondary N) is 1. The highest BCUT2D eigenvalue weighted by molar-refractivity contribution is 6.33. The zero-order chi connectivity index (χ0) is 18.5. The van der Waals surface area contributed by atoms with Gasteiger partial charge in [-0.2, -0.15) is 9.97 Å². The number of hydrogen-bond donors (Lipinski definition) is 1. The van der Waals surface area contributed by atoms with Crippen LogP contribution >= 0.6 is 11.6 Å². The SMILES string of the molecule is COc1cnc(O[C@H](C)c2cn(-c3ccc(Cl)c(NCF)c3)nn2)nc1. The first-order chi connectivity index (χ1) is 12.6. The van der Waals surface area contributed by atoms with Gasteiger partial charge < -0.3 is 14.8 Å². The molecule has 3 rings (SSSR count). The van der Waals surface area contributed by atoms with Crippen LogP contribution < -0.4 is 14.8 Å². The van der Waals surface area contributed by atoms with E-state index in [2.05, 4.69) is 25.6 Å². The molecule has 0 spiro atoms. The fourth-order valence-corrected chi connectivity index (χ4v) is 2.33. The van der Waals surface area contributed by atoms with Gasteiger partial charge in [0.1, 0.15) is 11.8 Å². The molecule has 0 saturated heterocycles. The number of halogens is 2. The summed E-state index contributed by atoms with van der Waals surface area (Å²) in [6, 6.07) is 5.29. The number of anilines is 1. The average molecular weight is 379 g/mol. The molecule has 0 saturated carbocycles. The Morgan fingerprint density at radius 2 is 2.08 bits per heavy atom. The second-order valence-electron chi connectivity index (χ2n) is 5.23. The van der Waals surface area contributed by atoms with Crippen molar-refractivity contribution in [3.63, 3.8) is 0 Å². The molecule has 8 nitrogen and oxygen atoms in total. The van der Waals surface area contributed by atoms with Crippen LogP contribution in [0.5, 0.6) is 11.8 Å². The van der Waals surface area contributed by atoms with Gasteiger partial charge in [-0.3, -0.25) is 0 Å². The Kier molecular flexibility index (Phi) is 5.47. The van der Waals surface area contributed by atoms with Crippen LogP contribution in [-0.4, -0.2) is 38.9 Å². The first-order valence-corrected chi connectivity index (χ1v) is 8.03. The van der Waals surface area contributed by atoms with Gasteiger partial charge in [-0.25, -0.2) is 9.07 Å². The Labute approximate surface area is 153 Å². The highest BCUT2D eigenvalue weighted by atomic mass is 35.5. The van der Waals surface area contributed by atoms with Crippen molar-refractivity contribution in [3.8, 4) is 17.4 Å². The summed E-state index contributed by atoms with van der Waals surface area (Å²) in [4.78, 5) is 8.10. The fraction of sp³-hybridized carbons (Fsp3) is 0.250. The molecule has 1 aromatic carbocycles. The lowest BCUT2D eigenvalue weighted by Crippen LogP contribution is -2.06. The van der Waals surface area contributed by atoms with Gasteiger partial charge in [-0.05, 0) is 25.1 Å². The Bertz CT molecular complexity index is 873. The van der Waals surface area contributed by atoms with E-state index in [0.717, 1.165) is 0 Å². The summed E-state index contributed by atoms with van der Waals surface area (Å²) in [5.74, 6) is 0.538. The van der Waals surface area contributed by atoms with Crippen LogP contribution in [0.15, 0.2) is 36.8 Å². The Morgan fingerprint density at radius 1 is 1.31 bits per heavy atom. The lowest BCUT2D eigenvalue weighted by molar-refractivity contribution is 0.201. The largest absolute Gasteiger partial charge is 0.494 e. The van der Waals surface area contributed by atoms with Gasteiger partial charge in [0.15, 0.2) is 12.5 Å². The van der Waals surface area contributed by atoms with Crippen molar-refractivity contribution in [1.29, 1.82) is 0 Å².